The number of anilines is 2. The van der Waals surface area contributed by atoms with Gasteiger partial charge >= 0.3 is 0 Å². The molecule has 0 saturated carbocycles. The van der Waals surface area contributed by atoms with Crippen LogP contribution in [0.25, 0.3) is 0 Å². The summed E-state index contributed by atoms with van der Waals surface area (Å²) in [7, 11) is -2.39. The number of nitrogens with one attached hydrogen (secondary N) is 1. The third kappa shape index (κ3) is 5.02. The van der Waals surface area contributed by atoms with E-state index in [-0.39, 0.29) is 23.7 Å². The average Bonchev–Trinajstić information content (AvgIpc) is 3.31. The number of aryl methyl sites for hydroxylation is 2. The SMILES string of the molecule is CCN(c1ccccc1)S(=O)(=O)c1ccc(OC)c(NC(=O)COc2ccc3c(c2)CCC3)c1. The molecule has 1 amide bonds. The lowest BCUT2D eigenvalue weighted by Gasteiger charge is -2.23. The van der Waals surface area contributed by atoms with Gasteiger partial charge in [0.25, 0.3) is 15.9 Å². The molecule has 3 aromatic carbocycles. The first-order valence-corrected chi connectivity index (χ1v) is 12.7. The molecule has 0 bridgehead atoms. The van der Waals surface area contributed by atoms with Gasteiger partial charge in [0.15, 0.2) is 6.61 Å². The van der Waals surface area contributed by atoms with Crippen LogP contribution in [0.4, 0.5) is 11.4 Å². The molecule has 3 aromatic rings. The average molecular weight is 481 g/mol. The Kier molecular flexibility index (Phi) is 7.07. The van der Waals surface area contributed by atoms with Crippen LogP contribution in [-0.4, -0.2) is 34.6 Å². The van der Waals surface area contributed by atoms with E-state index in [2.05, 4.69) is 5.32 Å². The maximum atomic E-state index is 13.4. The van der Waals surface area contributed by atoms with Crippen LogP contribution in [0.15, 0.2) is 71.6 Å². The first-order chi connectivity index (χ1) is 16.4. The molecule has 7 nitrogen and oxygen atoms in total. The van der Waals surface area contributed by atoms with E-state index in [0.717, 1.165) is 19.3 Å². The summed E-state index contributed by atoms with van der Waals surface area (Å²) in [6, 6.07) is 19.2. The van der Waals surface area contributed by atoms with Gasteiger partial charge in [0.05, 0.1) is 23.4 Å². The van der Waals surface area contributed by atoms with Crippen molar-refractivity contribution in [2.24, 2.45) is 0 Å². The number of rotatable bonds is 9. The van der Waals surface area contributed by atoms with Crippen LogP contribution >= 0.6 is 0 Å². The van der Waals surface area contributed by atoms with Crippen molar-refractivity contribution >= 4 is 27.3 Å². The molecule has 0 spiro atoms. The summed E-state index contributed by atoms with van der Waals surface area (Å²) in [5.41, 5.74) is 3.41. The van der Waals surface area contributed by atoms with E-state index in [9.17, 15) is 13.2 Å². The van der Waals surface area contributed by atoms with Gasteiger partial charge in [-0.1, -0.05) is 24.3 Å². The zero-order chi connectivity index (χ0) is 24.1. The highest BCUT2D eigenvalue weighted by Crippen LogP contribution is 2.31. The van der Waals surface area contributed by atoms with E-state index in [1.54, 1.807) is 31.2 Å². The highest BCUT2D eigenvalue weighted by molar-refractivity contribution is 7.92. The van der Waals surface area contributed by atoms with Gasteiger partial charge in [-0.25, -0.2) is 8.42 Å². The van der Waals surface area contributed by atoms with Crippen molar-refractivity contribution < 1.29 is 22.7 Å². The lowest BCUT2D eigenvalue weighted by molar-refractivity contribution is -0.118. The molecular weight excluding hydrogens is 452 g/mol. The Labute approximate surface area is 200 Å². The first-order valence-electron chi connectivity index (χ1n) is 11.2. The summed E-state index contributed by atoms with van der Waals surface area (Å²) >= 11 is 0. The minimum absolute atomic E-state index is 0.0499. The van der Waals surface area contributed by atoms with E-state index >= 15 is 0 Å². The highest BCUT2D eigenvalue weighted by atomic mass is 32.2. The largest absolute Gasteiger partial charge is 0.495 e. The number of amides is 1. The van der Waals surface area contributed by atoms with Gasteiger partial charge in [0, 0.05) is 6.54 Å². The second-order valence-corrected chi connectivity index (χ2v) is 9.85. The normalized spacial score (nSPS) is 12.6. The van der Waals surface area contributed by atoms with Crippen LogP contribution in [0.5, 0.6) is 11.5 Å². The van der Waals surface area contributed by atoms with E-state index in [4.69, 9.17) is 9.47 Å². The van der Waals surface area contributed by atoms with Crippen LogP contribution in [0, 0.1) is 0 Å². The Hall–Kier alpha value is -3.52. The number of carbonyl (C=O) groups excluding carboxylic acids is 1. The Morgan fingerprint density at radius 3 is 2.50 bits per heavy atom. The molecule has 0 saturated heterocycles. The summed E-state index contributed by atoms with van der Waals surface area (Å²) in [6.45, 7) is 1.83. The van der Waals surface area contributed by atoms with Gasteiger partial charge in [-0.3, -0.25) is 9.10 Å². The van der Waals surface area contributed by atoms with Crippen LogP contribution in [0.2, 0.25) is 0 Å². The molecule has 0 radical (unpaired) electrons. The topological polar surface area (TPSA) is 84.9 Å². The van der Waals surface area contributed by atoms with E-state index < -0.39 is 15.9 Å². The molecule has 1 aliphatic carbocycles. The standard InChI is InChI=1S/C26H28N2O5S/c1-3-28(21-10-5-4-6-11-21)34(30,31)23-14-15-25(32-2)24(17-23)27-26(29)18-33-22-13-12-19-8-7-9-20(19)16-22/h4-6,10-17H,3,7-9,18H2,1-2H3,(H,27,29). The van der Waals surface area contributed by atoms with Gasteiger partial charge in [-0.2, -0.15) is 0 Å². The Morgan fingerprint density at radius 2 is 1.76 bits per heavy atom. The fraction of sp³-hybridized carbons (Fsp3) is 0.269. The minimum Gasteiger partial charge on any atom is -0.495 e. The summed E-state index contributed by atoms with van der Waals surface area (Å²) in [4.78, 5) is 12.7. The van der Waals surface area contributed by atoms with Crippen LogP contribution in [-0.2, 0) is 27.7 Å². The number of methoxy groups -OCH3 is 1. The monoisotopic (exact) mass is 480 g/mol. The number of carbonyl (C=O) groups is 1. The number of nitrogens with zero attached hydrogens (tertiary/aromatic N) is 1. The Morgan fingerprint density at radius 1 is 1.00 bits per heavy atom. The number of para-hydroxylation sites is 1. The maximum Gasteiger partial charge on any atom is 0.264 e. The summed E-state index contributed by atoms with van der Waals surface area (Å²) < 4.78 is 39.0. The molecule has 1 aliphatic rings. The quantitative estimate of drug-likeness (QED) is 0.490. The molecule has 0 unspecified atom stereocenters. The number of hydrogen-bond donors (Lipinski definition) is 1. The lowest BCUT2D eigenvalue weighted by Crippen LogP contribution is -2.30. The molecule has 0 aliphatic heterocycles. The Bertz CT molecular complexity index is 1280. The second kappa shape index (κ2) is 10.2. The van der Waals surface area contributed by atoms with E-state index in [0.29, 0.717) is 17.2 Å². The molecule has 178 valence electrons. The fourth-order valence-electron chi connectivity index (χ4n) is 4.13. The maximum absolute atomic E-state index is 13.4. The molecule has 0 fully saturated rings. The van der Waals surface area contributed by atoms with Crippen molar-refractivity contribution in [1.82, 2.24) is 0 Å². The van der Waals surface area contributed by atoms with Crippen molar-refractivity contribution in [1.29, 1.82) is 0 Å². The highest BCUT2D eigenvalue weighted by Gasteiger charge is 2.25. The molecule has 0 atom stereocenters. The number of hydrogen-bond acceptors (Lipinski definition) is 5. The van der Waals surface area contributed by atoms with Crippen LogP contribution in [0.1, 0.15) is 24.5 Å². The van der Waals surface area contributed by atoms with Gasteiger partial charge in [-0.15, -0.1) is 0 Å². The molecule has 0 aromatic heterocycles. The third-order valence-corrected chi connectivity index (χ3v) is 7.70. The molecule has 1 N–H and O–H groups in total. The number of ether oxygens (including phenoxy) is 2. The summed E-state index contributed by atoms with van der Waals surface area (Å²) in [6.07, 6.45) is 3.24. The fourth-order valence-corrected chi connectivity index (χ4v) is 5.63. The number of benzene rings is 3. The summed E-state index contributed by atoms with van der Waals surface area (Å²) in [5, 5.41) is 2.72. The minimum atomic E-state index is -3.85. The van der Waals surface area contributed by atoms with Crippen molar-refractivity contribution in [2.75, 3.05) is 29.9 Å². The number of sulfonamides is 1. The van der Waals surface area contributed by atoms with Crippen molar-refractivity contribution in [3.05, 3.63) is 77.9 Å². The van der Waals surface area contributed by atoms with E-state index in [1.165, 1.54) is 40.7 Å². The third-order valence-electron chi connectivity index (χ3n) is 5.80. The van der Waals surface area contributed by atoms with Gasteiger partial charge in [0.1, 0.15) is 11.5 Å². The lowest BCUT2D eigenvalue weighted by atomic mass is 10.1. The molecule has 4 rings (SSSR count). The first kappa shape index (κ1) is 23.6. The smallest absolute Gasteiger partial charge is 0.264 e. The predicted molar refractivity (Wildman–Crippen MR) is 132 cm³/mol. The van der Waals surface area contributed by atoms with Gasteiger partial charge < -0.3 is 14.8 Å². The molecule has 0 heterocycles. The van der Waals surface area contributed by atoms with Crippen molar-refractivity contribution in [2.45, 2.75) is 31.1 Å². The summed E-state index contributed by atoms with van der Waals surface area (Å²) in [5.74, 6) is 0.580. The van der Waals surface area contributed by atoms with Crippen LogP contribution < -0.4 is 19.1 Å². The molecular formula is C26H28N2O5S. The van der Waals surface area contributed by atoms with E-state index in [1.807, 2.05) is 24.3 Å². The zero-order valence-electron chi connectivity index (χ0n) is 19.3. The van der Waals surface area contributed by atoms with Crippen molar-refractivity contribution in [3.8, 4) is 11.5 Å². The molecule has 34 heavy (non-hydrogen) atoms. The van der Waals surface area contributed by atoms with Crippen molar-refractivity contribution in [3.63, 3.8) is 0 Å². The number of fused-ring (bicyclic) bond motifs is 1. The zero-order valence-corrected chi connectivity index (χ0v) is 20.1. The predicted octanol–water partition coefficient (Wildman–Crippen LogP) is 4.42. The second-order valence-electron chi connectivity index (χ2n) is 7.99. The molecule has 8 heteroatoms. The Balaban J connectivity index is 1.51. The van der Waals surface area contributed by atoms with Crippen LogP contribution in [0.3, 0.4) is 0 Å². The van der Waals surface area contributed by atoms with Gasteiger partial charge in [-0.05, 0) is 79.8 Å². The van der Waals surface area contributed by atoms with Gasteiger partial charge in [0.2, 0.25) is 0 Å².